The van der Waals surface area contributed by atoms with Gasteiger partial charge in [-0.25, -0.2) is 0 Å². The van der Waals surface area contributed by atoms with E-state index in [1.54, 1.807) is 0 Å². The molecule has 6 nitrogen and oxygen atoms in total. The third-order valence-corrected chi connectivity index (χ3v) is 25.6. The highest BCUT2D eigenvalue weighted by Crippen LogP contribution is 2.55. The quantitative estimate of drug-likeness (QED) is 0.114. The van der Waals surface area contributed by atoms with E-state index in [9.17, 15) is 0 Å². The molecule has 0 saturated heterocycles. The van der Waals surface area contributed by atoms with Crippen LogP contribution in [0.3, 0.4) is 0 Å². The van der Waals surface area contributed by atoms with Gasteiger partial charge in [0.05, 0.1) is 44.5 Å². The largest absolute Gasteiger partial charge is 0.311 e. The van der Waals surface area contributed by atoms with Crippen molar-refractivity contribution in [3.8, 4) is 61.6 Å². The summed E-state index contributed by atoms with van der Waals surface area (Å²) < 4.78 is 7.49. The Balaban J connectivity index is 0.907. The first-order valence-electron chi connectivity index (χ1n) is 42.6. The van der Waals surface area contributed by atoms with Gasteiger partial charge in [-0.2, -0.15) is 0 Å². The lowest BCUT2D eigenvalue weighted by Crippen LogP contribution is -2.61. The molecule has 3 aromatic heterocycles. The van der Waals surface area contributed by atoms with E-state index < -0.39 is 0 Å². The molecule has 0 spiro atoms. The summed E-state index contributed by atoms with van der Waals surface area (Å²) in [5, 5.41) is 7.37. The Hall–Kier alpha value is -14.4. The maximum atomic E-state index is 2.72. The number of benzene rings is 17. The molecule has 0 radical (unpaired) electrons. The molecular formula is C114H91BN6. The lowest BCUT2D eigenvalue weighted by atomic mass is 9.33. The van der Waals surface area contributed by atoms with Crippen LogP contribution in [0.15, 0.2) is 388 Å². The van der Waals surface area contributed by atoms with Gasteiger partial charge in [-0.3, -0.25) is 0 Å². The molecule has 5 heterocycles. The van der Waals surface area contributed by atoms with Gasteiger partial charge in [0, 0.05) is 100 Å². The van der Waals surface area contributed by atoms with Crippen molar-refractivity contribution in [2.75, 3.05) is 14.7 Å². The third kappa shape index (κ3) is 12.1. The van der Waals surface area contributed by atoms with Gasteiger partial charge in [-0.05, 0) is 234 Å². The maximum Gasteiger partial charge on any atom is 0.252 e. The summed E-state index contributed by atoms with van der Waals surface area (Å²) in [6.45, 7) is 20.8. The normalized spacial score (nSPS) is 12.8. The van der Waals surface area contributed by atoms with Crippen LogP contribution in [0.1, 0.15) is 79.0 Å². The van der Waals surface area contributed by atoms with Crippen LogP contribution in [-0.2, 0) is 16.2 Å². The first-order chi connectivity index (χ1) is 58.9. The fourth-order valence-electron chi connectivity index (χ4n) is 19.6. The van der Waals surface area contributed by atoms with Crippen molar-refractivity contribution in [3.05, 3.63) is 405 Å². The minimum atomic E-state index is -0.324. The Morgan fingerprint density at radius 2 is 0.570 bits per heavy atom. The van der Waals surface area contributed by atoms with Crippen LogP contribution in [0.4, 0.5) is 51.2 Å². The average molecular weight is 1560 g/mol. The highest BCUT2D eigenvalue weighted by atomic mass is 15.2. The highest BCUT2D eigenvalue weighted by molar-refractivity contribution is 7.00. The lowest BCUT2D eigenvalue weighted by Gasteiger charge is -2.46. The summed E-state index contributed by atoms with van der Waals surface area (Å²) in [6, 6.07) is 147. The Labute approximate surface area is 708 Å². The first-order valence-corrected chi connectivity index (χ1v) is 42.6. The van der Waals surface area contributed by atoms with Crippen LogP contribution in [-0.4, -0.2) is 20.4 Å². The zero-order valence-corrected chi connectivity index (χ0v) is 69.7. The van der Waals surface area contributed by atoms with E-state index in [4.69, 9.17) is 0 Å². The predicted octanol–water partition coefficient (Wildman–Crippen LogP) is 29.1. The van der Waals surface area contributed by atoms with Gasteiger partial charge in [-0.1, -0.05) is 299 Å². The van der Waals surface area contributed by atoms with Crippen LogP contribution in [0.2, 0.25) is 0 Å². The molecule has 17 aromatic carbocycles. The molecule has 20 aromatic rings. The molecule has 7 heteroatoms. The molecule has 0 amide bonds. The molecule has 2 aliphatic heterocycles. The van der Waals surface area contributed by atoms with E-state index in [0.29, 0.717) is 0 Å². The monoisotopic (exact) mass is 1550 g/mol. The number of anilines is 9. The Morgan fingerprint density at radius 1 is 0.223 bits per heavy atom. The zero-order valence-electron chi connectivity index (χ0n) is 69.7. The summed E-state index contributed by atoms with van der Waals surface area (Å²) >= 11 is 0. The molecule has 0 atom stereocenters. The van der Waals surface area contributed by atoms with Crippen LogP contribution >= 0.6 is 0 Å². The first kappa shape index (κ1) is 73.0. The zero-order chi connectivity index (χ0) is 81.7. The fraction of sp³-hybridized carbons (Fsp3) is 0.105. The van der Waals surface area contributed by atoms with E-state index in [1.165, 1.54) is 87.5 Å². The van der Waals surface area contributed by atoms with E-state index in [0.717, 1.165) is 124 Å². The van der Waals surface area contributed by atoms with Crippen molar-refractivity contribution in [1.82, 2.24) is 13.7 Å². The van der Waals surface area contributed by atoms with Gasteiger partial charge >= 0.3 is 0 Å². The Kier molecular flexibility index (Phi) is 17.0. The highest BCUT2D eigenvalue weighted by Gasteiger charge is 2.46. The topological polar surface area (TPSA) is 24.5 Å². The standard InChI is InChI=1S/C114H91BN6/c1-112(2,3)80-51-61-104-96(66-80)97-67-81(113(4,5)6)52-62-105(97)119(104)86-57-59-98-106(70-86)120(88-64-78(74-33-15-10-16-34-74)63-79(65-88)75-35-17-11-18-36-75)108-72-89(116(83-41-23-14-24-42-83)84-53-55-85(56-54-84)117-100-47-29-25-43-90(100)91-44-26-30-48-101(91)117)73-109-110(108)115(98)99-60-58-87(118-102-49-31-27-45-92(102)93-46-28-32-50-103(93)118)71-107(99)121(109)111-94(76-37-19-12-20-38-76)68-82(114(7,8)9)69-95(111)77-39-21-13-22-40-77/h10-73H,1-9H3. The summed E-state index contributed by atoms with van der Waals surface area (Å²) in [6.07, 6.45) is 0. The number of nitrogens with zero attached hydrogens (tertiary/aromatic N) is 6. The van der Waals surface area contributed by atoms with Crippen molar-refractivity contribution in [2.24, 2.45) is 0 Å². The van der Waals surface area contributed by atoms with Crippen LogP contribution < -0.4 is 31.1 Å². The summed E-state index contributed by atoms with van der Waals surface area (Å²) in [5.74, 6) is 0. The number of aromatic nitrogens is 3. The van der Waals surface area contributed by atoms with Crippen molar-refractivity contribution >= 4 is 140 Å². The van der Waals surface area contributed by atoms with Crippen molar-refractivity contribution in [2.45, 2.75) is 78.6 Å². The second-order valence-electron chi connectivity index (χ2n) is 36.1. The molecule has 0 bridgehead atoms. The van der Waals surface area contributed by atoms with Crippen LogP contribution in [0.25, 0.3) is 127 Å². The van der Waals surface area contributed by atoms with E-state index in [2.05, 4.69) is 479 Å². The number of hydrogen-bond donors (Lipinski definition) is 0. The van der Waals surface area contributed by atoms with Gasteiger partial charge in [0.15, 0.2) is 0 Å². The minimum Gasteiger partial charge on any atom is -0.311 e. The lowest BCUT2D eigenvalue weighted by molar-refractivity contribution is 0.590. The SMILES string of the molecule is CC(C)(C)c1cc(-c2ccccc2)c(N2c3cc(-n4c5ccccc5c5ccccc54)ccc3B3c4ccc(-n5c6ccc(C(C)(C)C)cc6c6cc(C(C)(C)C)ccc65)cc4N(c4cc(-c5ccccc5)cc(-c5ccccc5)c4)c4cc(N(c5ccccc5)c5ccc(-n6c7ccccc7c7ccccc76)cc5)cc2c43)c(-c2ccccc2)c1. The molecule has 121 heavy (non-hydrogen) atoms. The number of rotatable bonds is 12. The number of fused-ring (bicyclic) bond motifs is 13. The number of hydrogen-bond acceptors (Lipinski definition) is 3. The second kappa shape index (κ2) is 28.2. The molecule has 2 aliphatic rings. The van der Waals surface area contributed by atoms with E-state index >= 15 is 0 Å². The third-order valence-electron chi connectivity index (χ3n) is 25.6. The fourth-order valence-corrected chi connectivity index (χ4v) is 19.6. The maximum absolute atomic E-state index is 2.72. The van der Waals surface area contributed by atoms with E-state index in [-0.39, 0.29) is 23.0 Å². The molecular weight excluding hydrogens is 1460 g/mol. The minimum absolute atomic E-state index is 0.0836. The summed E-state index contributed by atoms with van der Waals surface area (Å²) in [5.41, 5.74) is 35.7. The molecule has 0 saturated carbocycles. The Morgan fingerprint density at radius 3 is 0.992 bits per heavy atom. The van der Waals surface area contributed by atoms with Gasteiger partial charge in [-0.15, -0.1) is 0 Å². The molecule has 0 aliphatic carbocycles. The van der Waals surface area contributed by atoms with Gasteiger partial charge in [0.25, 0.3) is 6.71 Å². The van der Waals surface area contributed by atoms with E-state index in [1.807, 2.05) is 0 Å². The molecule has 0 N–H and O–H groups in total. The predicted molar refractivity (Wildman–Crippen MR) is 516 cm³/mol. The van der Waals surface area contributed by atoms with Gasteiger partial charge < -0.3 is 28.4 Å². The second-order valence-corrected chi connectivity index (χ2v) is 36.1. The molecule has 0 unspecified atom stereocenters. The van der Waals surface area contributed by atoms with Crippen molar-refractivity contribution in [1.29, 1.82) is 0 Å². The van der Waals surface area contributed by atoms with Crippen molar-refractivity contribution in [3.63, 3.8) is 0 Å². The molecule has 580 valence electrons. The molecule has 0 fully saturated rings. The van der Waals surface area contributed by atoms with Crippen molar-refractivity contribution < 1.29 is 0 Å². The van der Waals surface area contributed by atoms with Gasteiger partial charge in [0.2, 0.25) is 0 Å². The average Bonchev–Trinajstić information content (AvgIpc) is 1.07. The van der Waals surface area contributed by atoms with Crippen LogP contribution in [0.5, 0.6) is 0 Å². The molecule has 22 rings (SSSR count). The summed E-state index contributed by atoms with van der Waals surface area (Å²) in [7, 11) is 0. The number of para-hydroxylation sites is 5. The Bertz CT molecular complexity index is 7210. The van der Waals surface area contributed by atoms with Gasteiger partial charge in [0.1, 0.15) is 0 Å². The van der Waals surface area contributed by atoms with Crippen LogP contribution in [0, 0.1) is 0 Å². The summed E-state index contributed by atoms with van der Waals surface area (Å²) in [4.78, 5) is 7.90. The smallest absolute Gasteiger partial charge is 0.252 e.